The maximum absolute atomic E-state index is 3.79. The first-order valence-corrected chi connectivity index (χ1v) is 8.58. The predicted octanol–water partition coefficient (Wildman–Crippen LogP) is 3.95. The number of unbranched alkanes of at least 4 members (excludes halogenated alkanes) is 4. The molecule has 0 radical (unpaired) electrons. The van der Waals surface area contributed by atoms with Crippen LogP contribution in [0.2, 0.25) is 0 Å². The Labute approximate surface area is 120 Å². The fourth-order valence-electron chi connectivity index (χ4n) is 3.96. The van der Waals surface area contributed by atoms with E-state index in [9.17, 15) is 0 Å². The van der Waals surface area contributed by atoms with Crippen molar-refractivity contribution >= 4 is 0 Å². The van der Waals surface area contributed by atoms with Crippen LogP contribution in [0.5, 0.6) is 0 Å². The van der Waals surface area contributed by atoms with Gasteiger partial charge in [-0.05, 0) is 39.7 Å². The Morgan fingerprint density at radius 1 is 1.00 bits per heavy atom. The first-order valence-electron chi connectivity index (χ1n) is 8.58. The van der Waals surface area contributed by atoms with Gasteiger partial charge < -0.3 is 5.32 Å². The van der Waals surface area contributed by atoms with Crippen LogP contribution in [0.3, 0.4) is 0 Å². The Hall–Kier alpha value is -0.0800. The molecule has 0 aromatic heterocycles. The van der Waals surface area contributed by atoms with E-state index in [1.807, 2.05) is 0 Å². The molecule has 1 N–H and O–H groups in total. The van der Waals surface area contributed by atoms with Crippen molar-refractivity contribution in [3.05, 3.63) is 0 Å². The third-order valence-electron chi connectivity index (χ3n) is 5.22. The van der Waals surface area contributed by atoms with Gasteiger partial charge in [0.2, 0.25) is 0 Å². The average molecular weight is 266 g/mol. The van der Waals surface area contributed by atoms with Crippen LogP contribution in [0.15, 0.2) is 0 Å². The van der Waals surface area contributed by atoms with E-state index >= 15 is 0 Å². The summed E-state index contributed by atoms with van der Waals surface area (Å²) >= 11 is 0. The Balaban J connectivity index is 1.85. The van der Waals surface area contributed by atoms with E-state index in [2.05, 4.69) is 31.0 Å². The Morgan fingerprint density at radius 3 is 2.37 bits per heavy atom. The van der Waals surface area contributed by atoms with Crippen molar-refractivity contribution < 1.29 is 0 Å². The summed E-state index contributed by atoms with van der Waals surface area (Å²) in [6.07, 6.45) is 12.7. The van der Waals surface area contributed by atoms with Crippen molar-refractivity contribution in [1.82, 2.24) is 10.2 Å². The number of hydrogen-bond donors (Lipinski definition) is 1. The van der Waals surface area contributed by atoms with Crippen LogP contribution < -0.4 is 5.32 Å². The minimum absolute atomic E-state index is 0.303. The summed E-state index contributed by atoms with van der Waals surface area (Å²) in [6, 6.07) is 0. The zero-order chi connectivity index (χ0) is 13.8. The Morgan fingerprint density at radius 2 is 1.68 bits per heavy atom. The van der Waals surface area contributed by atoms with E-state index in [0.717, 1.165) is 0 Å². The highest BCUT2D eigenvalue weighted by molar-refractivity contribution is 5.04. The van der Waals surface area contributed by atoms with Crippen molar-refractivity contribution in [2.45, 2.75) is 89.6 Å². The molecule has 2 aliphatic rings. The normalized spacial score (nSPS) is 26.1. The molecule has 1 saturated heterocycles. The molecule has 0 atom stereocenters. The van der Waals surface area contributed by atoms with E-state index in [-0.39, 0.29) is 0 Å². The lowest BCUT2D eigenvalue weighted by Crippen LogP contribution is -2.67. The molecule has 2 heteroatoms. The molecule has 0 bridgehead atoms. The standard InChI is InChI=1S/C17H34N2/c1-4-5-6-7-10-13-19-15-16(2,3)18-14-17(19)11-8-9-12-17/h18H,4-15H2,1-3H3. The molecule has 0 unspecified atom stereocenters. The lowest BCUT2D eigenvalue weighted by atomic mass is 9.86. The molecule has 0 aromatic carbocycles. The zero-order valence-corrected chi connectivity index (χ0v) is 13.4. The second-order valence-electron chi connectivity index (χ2n) is 7.50. The van der Waals surface area contributed by atoms with Gasteiger partial charge in [-0.25, -0.2) is 0 Å². The summed E-state index contributed by atoms with van der Waals surface area (Å²) in [5, 5.41) is 3.79. The van der Waals surface area contributed by atoms with Gasteiger partial charge in [0.1, 0.15) is 0 Å². The highest BCUT2D eigenvalue weighted by Crippen LogP contribution is 2.38. The van der Waals surface area contributed by atoms with Crippen LogP contribution in [0.4, 0.5) is 0 Å². The molecule has 19 heavy (non-hydrogen) atoms. The third kappa shape index (κ3) is 3.95. The van der Waals surface area contributed by atoms with E-state index in [1.165, 1.54) is 77.4 Å². The van der Waals surface area contributed by atoms with Crippen LogP contribution in [0.25, 0.3) is 0 Å². The van der Waals surface area contributed by atoms with Gasteiger partial charge in [0.15, 0.2) is 0 Å². The van der Waals surface area contributed by atoms with Crippen molar-refractivity contribution in [3.8, 4) is 0 Å². The SMILES string of the molecule is CCCCCCCN1CC(C)(C)NCC12CCCC2. The summed E-state index contributed by atoms with van der Waals surface area (Å²) in [5.41, 5.74) is 0.817. The molecule has 0 amide bonds. The summed E-state index contributed by atoms with van der Waals surface area (Å²) in [7, 11) is 0. The van der Waals surface area contributed by atoms with Crippen LogP contribution >= 0.6 is 0 Å². The largest absolute Gasteiger partial charge is 0.309 e. The zero-order valence-electron chi connectivity index (χ0n) is 13.4. The van der Waals surface area contributed by atoms with Gasteiger partial charge >= 0.3 is 0 Å². The van der Waals surface area contributed by atoms with Gasteiger partial charge in [0.05, 0.1) is 0 Å². The lowest BCUT2D eigenvalue weighted by Gasteiger charge is -2.51. The number of hydrogen-bond acceptors (Lipinski definition) is 2. The van der Waals surface area contributed by atoms with Gasteiger partial charge in [-0.3, -0.25) is 4.90 Å². The molecule has 112 valence electrons. The van der Waals surface area contributed by atoms with Crippen LogP contribution in [0.1, 0.15) is 78.6 Å². The molecule has 1 aliphatic heterocycles. The fourth-order valence-corrected chi connectivity index (χ4v) is 3.96. The van der Waals surface area contributed by atoms with Crippen molar-refractivity contribution in [1.29, 1.82) is 0 Å². The number of piperazine rings is 1. The van der Waals surface area contributed by atoms with Gasteiger partial charge in [-0.15, -0.1) is 0 Å². The maximum Gasteiger partial charge on any atom is 0.0334 e. The summed E-state index contributed by atoms with van der Waals surface area (Å²) in [5.74, 6) is 0. The van der Waals surface area contributed by atoms with E-state index in [0.29, 0.717) is 11.1 Å². The minimum Gasteiger partial charge on any atom is -0.309 e. The monoisotopic (exact) mass is 266 g/mol. The fraction of sp³-hybridized carbons (Fsp3) is 1.00. The van der Waals surface area contributed by atoms with Crippen LogP contribution in [0, 0.1) is 0 Å². The quantitative estimate of drug-likeness (QED) is 0.732. The first-order chi connectivity index (χ1) is 9.08. The van der Waals surface area contributed by atoms with Crippen molar-refractivity contribution in [2.24, 2.45) is 0 Å². The van der Waals surface area contributed by atoms with Gasteiger partial charge in [0.25, 0.3) is 0 Å². The average Bonchev–Trinajstić information content (AvgIpc) is 2.83. The maximum atomic E-state index is 3.79. The molecule has 1 saturated carbocycles. The van der Waals surface area contributed by atoms with E-state index in [1.54, 1.807) is 0 Å². The summed E-state index contributed by atoms with van der Waals surface area (Å²) in [6.45, 7) is 10.8. The van der Waals surface area contributed by atoms with Crippen LogP contribution in [-0.2, 0) is 0 Å². The Kier molecular flexibility index (Phi) is 5.30. The molecule has 1 spiro atoms. The summed E-state index contributed by atoms with van der Waals surface area (Å²) in [4.78, 5) is 2.85. The van der Waals surface area contributed by atoms with Crippen LogP contribution in [-0.4, -0.2) is 35.6 Å². The molecule has 1 heterocycles. The molecule has 2 rings (SSSR count). The van der Waals surface area contributed by atoms with E-state index < -0.39 is 0 Å². The molecular formula is C17H34N2. The predicted molar refractivity (Wildman–Crippen MR) is 83.6 cm³/mol. The van der Waals surface area contributed by atoms with E-state index in [4.69, 9.17) is 0 Å². The number of rotatable bonds is 6. The van der Waals surface area contributed by atoms with Crippen molar-refractivity contribution in [3.63, 3.8) is 0 Å². The molecule has 1 aliphatic carbocycles. The molecule has 2 nitrogen and oxygen atoms in total. The molecule has 0 aromatic rings. The summed E-state index contributed by atoms with van der Waals surface area (Å²) < 4.78 is 0. The number of nitrogens with zero attached hydrogens (tertiary/aromatic N) is 1. The third-order valence-corrected chi connectivity index (χ3v) is 5.22. The minimum atomic E-state index is 0.303. The highest BCUT2D eigenvalue weighted by atomic mass is 15.3. The highest BCUT2D eigenvalue weighted by Gasteiger charge is 2.45. The second-order valence-corrected chi connectivity index (χ2v) is 7.50. The second kappa shape index (κ2) is 6.58. The van der Waals surface area contributed by atoms with Crippen molar-refractivity contribution in [2.75, 3.05) is 19.6 Å². The lowest BCUT2D eigenvalue weighted by molar-refractivity contribution is 0.0177. The molecular weight excluding hydrogens is 232 g/mol. The smallest absolute Gasteiger partial charge is 0.0334 e. The topological polar surface area (TPSA) is 15.3 Å². The first kappa shape index (κ1) is 15.3. The van der Waals surface area contributed by atoms with Gasteiger partial charge in [-0.2, -0.15) is 0 Å². The Bertz CT molecular complexity index is 266. The number of nitrogens with one attached hydrogen (secondary N) is 1. The molecule has 2 fully saturated rings. The van der Waals surface area contributed by atoms with Gasteiger partial charge in [0, 0.05) is 24.2 Å². The van der Waals surface area contributed by atoms with Gasteiger partial charge in [-0.1, -0.05) is 45.4 Å².